The molecule has 0 amide bonds. The van der Waals surface area contributed by atoms with E-state index in [1.807, 2.05) is 18.2 Å². The number of aromatic nitrogens is 2. The number of nitrogens with zero attached hydrogens (tertiary/aromatic N) is 1. The van der Waals surface area contributed by atoms with Gasteiger partial charge in [-0.05, 0) is 49.2 Å². The molecule has 0 spiro atoms. The van der Waals surface area contributed by atoms with Gasteiger partial charge in [0.05, 0.1) is 12.3 Å². The molecule has 2 aromatic rings. The molecule has 2 N–H and O–H groups in total. The highest BCUT2D eigenvalue weighted by atomic mass is 16.5. The first-order valence-corrected chi connectivity index (χ1v) is 7.82. The third-order valence-corrected chi connectivity index (χ3v) is 4.86. The predicted octanol–water partition coefficient (Wildman–Crippen LogP) is 2.56. The second-order valence-corrected chi connectivity index (χ2v) is 6.08. The quantitative estimate of drug-likeness (QED) is 0.836. The zero-order valence-corrected chi connectivity index (χ0v) is 12.6. The van der Waals surface area contributed by atoms with Crippen LogP contribution in [-0.2, 0) is 4.74 Å². The van der Waals surface area contributed by atoms with Crippen molar-refractivity contribution in [3.8, 4) is 5.75 Å². The lowest BCUT2D eigenvalue weighted by molar-refractivity contribution is 0.0637. The topological polar surface area (TPSA) is 67.4 Å². The molecular formula is C16H19BN2O3. The number of methoxy groups -OCH3 is 1. The largest absolute Gasteiger partial charge is 0.552 e. The fraction of sp³-hybridized carbons (Fsp3) is 0.438. The van der Waals surface area contributed by atoms with E-state index in [0.717, 1.165) is 42.3 Å². The summed E-state index contributed by atoms with van der Waals surface area (Å²) in [6.45, 7) is 0. The molecular weight excluding hydrogens is 279 g/mol. The molecule has 0 bridgehead atoms. The Morgan fingerprint density at radius 2 is 2.18 bits per heavy atom. The van der Waals surface area contributed by atoms with E-state index in [2.05, 4.69) is 9.97 Å². The Hall–Kier alpha value is -1.79. The van der Waals surface area contributed by atoms with E-state index in [0.29, 0.717) is 17.8 Å². The van der Waals surface area contributed by atoms with Crippen LogP contribution < -0.4 is 4.65 Å². The molecule has 2 aliphatic rings. The van der Waals surface area contributed by atoms with Crippen molar-refractivity contribution >= 4 is 23.7 Å². The zero-order valence-electron chi connectivity index (χ0n) is 12.6. The van der Waals surface area contributed by atoms with Crippen molar-refractivity contribution in [3.05, 3.63) is 30.0 Å². The van der Waals surface area contributed by atoms with Crippen molar-refractivity contribution < 1.29 is 14.4 Å². The maximum absolute atomic E-state index is 10.0. The highest BCUT2D eigenvalue weighted by molar-refractivity contribution is 6.52. The van der Waals surface area contributed by atoms with Gasteiger partial charge in [0.25, 0.3) is 0 Å². The SMILES string of the molecule is CO[C@H]1CC[C@H](C2=CB(O)Oc3cnc4[nH]ccc4c32)CC1. The molecule has 2 aromatic heterocycles. The minimum absolute atomic E-state index is 0.366. The molecule has 1 aliphatic carbocycles. The normalized spacial score (nSPS) is 24.8. The van der Waals surface area contributed by atoms with Crippen molar-refractivity contribution in [2.45, 2.75) is 31.8 Å². The Labute approximate surface area is 129 Å². The summed E-state index contributed by atoms with van der Waals surface area (Å²) in [6.07, 6.45) is 8.23. The van der Waals surface area contributed by atoms with Gasteiger partial charge in [-0.25, -0.2) is 4.98 Å². The van der Waals surface area contributed by atoms with Gasteiger partial charge in [-0.3, -0.25) is 0 Å². The number of ether oxygens (including phenoxy) is 1. The van der Waals surface area contributed by atoms with E-state index < -0.39 is 7.12 Å². The van der Waals surface area contributed by atoms with Crippen LogP contribution in [0.25, 0.3) is 16.6 Å². The van der Waals surface area contributed by atoms with Crippen LogP contribution in [0.1, 0.15) is 31.2 Å². The fourth-order valence-electron chi connectivity index (χ4n) is 3.73. The van der Waals surface area contributed by atoms with Gasteiger partial charge >= 0.3 is 7.12 Å². The smallest absolute Gasteiger partial charge is 0.531 e. The molecule has 0 aromatic carbocycles. The van der Waals surface area contributed by atoms with Gasteiger partial charge in [0, 0.05) is 24.3 Å². The number of H-pyrrole nitrogens is 1. The van der Waals surface area contributed by atoms with Crippen molar-refractivity contribution in [2.75, 3.05) is 7.11 Å². The lowest BCUT2D eigenvalue weighted by Crippen LogP contribution is -2.28. The molecule has 4 rings (SSSR count). The van der Waals surface area contributed by atoms with Crippen molar-refractivity contribution in [1.29, 1.82) is 0 Å². The van der Waals surface area contributed by atoms with Crippen LogP contribution >= 0.6 is 0 Å². The van der Waals surface area contributed by atoms with Crippen LogP contribution in [0, 0.1) is 5.92 Å². The van der Waals surface area contributed by atoms with E-state index in [1.165, 1.54) is 5.57 Å². The van der Waals surface area contributed by atoms with Gasteiger partial charge in [-0.1, -0.05) is 0 Å². The molecule has 3 heterocycles. The summed E-state index contributed by atoms with van der Waals surface area (Å²) >= 11 is 0. The fourth-order valence-corrected chi connectivity index (χ4v) is 3.73. The maximum atomic E-state index is 10.0. The van der Waals surface area contributed by atoms with Crippen LogP contribution in [-0.4, -0.2) is 35.3 Å². The van der Waals surface area contributed by atoms with Crippen LogP contribution in [0.15, 0.2) is 24.4 Å². The average molecular weight is 298 g/mol. The highest BCUT2D eigenvalue weighted by Crippen LogP contribution is 2.43. The standard InChI is InChI=1S/C16H19BN2O3/c1-21-11-4-2-10(3-5-11)13-8-17(20)22-14-9-19-16-12(15(13)14)6-7-18-16/h6-11,20H,2-5H2,1H3,(H,18,19)/t10-,11-. The molecule has 22 heavy (non-hydrogen) atoms. The number of nitrogens with one attached hydrogen (secondary N) is 1. The molecule has 0 atom stereocenters. The molecule has 1 fully saturated rings. The van der Waals surface area contributed by atoms with Crippen molar-refractivity contribution in [1.82, 2.24) is 9.97 Å². The van der Waals surface area contributed by atoms with E-state index in [9.17, 15) is 5.02 Å². The zero-order chi connectivity index (χ0) is 15.1. The van der Waals surface area contributed by atoms with E-state index in [-0.39, 0.29) is 0 Å². The molecule has 5 nitrogen and oxygen atoms in total. The Bertz CT molecular complexity index is 719. The first-order valence-electron chi connectivity index (χ1n) is 7.82. The van der Waals surface area contributed by atoms with Gasteiger partial charge in [-0.15, -0.1) is 0 Å². The monoisotopic (exact) mass is 298 g/mol. The first-order chi connectivity index (χ1) is 10.8. The summed E-state index contributed by atoms with van der Waals surface area (Å²) in [5, 5.41) is 11.1. The summed E-state index contributed by atoms with van der Waals surface area (Å²) in [6, 6.07) is 2.02. The summed E-state index contributed by atoms with van der Waals surface area (Å²) in [7, 11) is 0.896. The van der Waals surface area contributed by atoms with Gasteiger partial charge in [0.2, 0.25) is 0 Å². The number of allylic oxidation sites excluding steroid dienone is 1. The van der Waals surface area contributed by atoms with E-state index in [4.69, 9.17) is 9.39 Å². The minimum atomic E-state index is -0.888. The molecule has 114 valence electrons. The first kappa shape index (κ1) is 13.8. The second kappa shape index (κ2) is 5.45. The Kier molecular flexibility index (Phi) is 3.43. The summed E-state index contributed by atoms with van der Waals surface area (Å²) in [5.41, 5.74) is 3.13. The highest BCUT2D eigenvalue weighted by Gasteiger charge is 2.32. The number of hydrogen-bond acceptors (Lipinski definition) is 4. The number of hydrogen-bond donors (Lipinski definition) is 2. The third kappa shape index (κ3) is 2.23. The number of fused-ring (bicyclic) bond motifs is 3. The maximum Gasteiger partial charge on any atom is 0.552 e. The molecule has 6 heteroatoms. The Morgan fingerprint density at radius 3 is 2.95 bits per heavy atom. The minimum Gasteiger partial charge on any atom is -0.531 e. The summed E-state index contributed by atoms with van der Waals surface area (Å²) < 4.78 is 11.0. The lowest BCUT2D eigenvalue weighted by atomic mass is 9.72. The Balaban J connectivity index is 1.75. The second-order valence-electron chi connectivity index (χ2n) is 6.08. The van der Waals surface area contributed by atoms with Crippen LogP contribution in [0.4, 0.5) is 0 Å². The van der Waals surface area contributed by atoms with Crippen molar-refractivity contribution in [3.63, 3.8) is 0 Å². The number of pyridine rings is 1. The molecule has 0 unspecified atom stereocenters. The van der Waals surface area contributed by atoms with Crippen LogP contribution in [0.5, 0.6) is 5.75 Å². The summed E-state index contributed by atoms with van der Waals surface area (Å²) in [4.78, 5) is 7.50. The predicted molar refractivity (Wildman–Crippen MR) is 85.4 cm³/mol. The van der Waals surface area contributed by atoms with Gasteiger partial charge in [0.1, 0.15) is 11.4 Å². The van der Waals surface area contributed by atoms with Crippen LogP contribution in [0.2, 0.25) is 0 Å². The van der Waals surface area contributed by atoms with Gasteiger partial charge < -0.3 is 19.4 Å². The lowest BCUT2D eigenvalue weighted by Gasteiger charge is -2.32. The van der Waals surface area contributed by atoms with Crippen LogP contribution in [0.3, 0.4) is 0 Å². The molecule has 0 saturated heterocycles. The number of aromatic amines is 1. The average Bonchev–Trinajstić information content (AvgIpc) is 3.02. The Morgan fingerprint density at radius 1 is 1.36 bits per heavy atom. The molecule has 1 aliphatic heterocycles. The summed E-state index contributed by atoms with van der Waals surface area (Å²) in [5.74, 6) is 2.96. The van der Waals surface area contributed by atoms with Gasteiger partial charge in [0.15, 0.2) is 0 Å². The van der Waals surface area contributed by atoms with Crippen molar-refractivity contribution in [2.24, 2.45) is 5.92 Å². The molecule has 1 saturated carbocycles. The van der Waals surface area contributed by atoms with E-state index in [1.54, 1.807) is 13.3 Å². The molecule has 0 radical (unpaired) electrons. The van der Waals surface area contributed by atoms with Gasteiger partial charge in [-0.2, -0.15) is 0 Å². The van der Waals surface area contributed by atoms with E-state index >= 15 is 0 Å². The third-order valence-electron chi connectivity index (χ3n) is 4.86. The number of rotatable bonds is 2.